The molecule has 0 radical (unpaired) electrons. The summed E-state index contributed by atoms with van der Waals surface area (Å²) in [5.74, 6) is 0. The van der Waals surface area contributed by atoms with Crippen molar-refractivity contribution in [2.75, 3.05) is 0 Å². The van der Waals surface area contributed by atoms with Gasteiger partial charge in [0.25, 0.3) is 5.56 Å². The summed E-state index contributed by atoms with van der Waals surface area (Å²) in [6.45, 7) is 0.483. The van der Waals surface area contributed by atoms with Gasteiger partial charge in [0.1, 0.15) is 0 Å². The maximum absolute atomic E-state index is 13.4. The Morgan fingerprint density at radius 3 is 2.78 bits per heavy atom. The molecule has 0 amide bonds. The van der Waals surface area contributed by atoms with Gasteiger partial charge in [-0.05, 0) is 35.9 Å². The minimum atomic E-state index is -0.0641. The Morgan fingerprint density at radius 2 is 1.81 bits per heavy atom. The van der Waals surface area contributed by atoms with Crippen LogP contribution in [0.2, 0.25) is 0 Å². The van der Waals surface area contributed by atoms with Crippen molar-refractivity contribution in [1.29, 1.82) is 0 Å². The molecule has 4 heterocycles. The molecule has 0 aliphatic heterocycles. The second-order valence-corrected chi connectivity index (χ2v) is 8.63. The number of aryl methyl sites for hydroxylation is 2. The fraction of sp³-hybridized carbons (Fsp3) is 0.0769. The lowest BCUT2D eigenvalue weighted by Gasteiger charge is -2.07. The molecule has 4 aromatic heterocycles. The van der Waals surface area contributed by atoms with E-state index in [1.54, 1.807) is 28.4 Å². The van der Waals surface area contributed by atoms with E-state index in [0.29, 0.717) is 13.0 Å². The SMILES string of the molecule is O=c1c2c(-c3ccc4ncccc4c3)csc2cnn1CCc1ccc2ccccc2n1. The number of aromatic nitrogens is 4. The summed E-state index contributed by atoms with van der Waals surface area (Å²) < 4.78 is 2.45. The lowest BCUT2D eigenvalue weighted by molar-refractivity contribution is 0.580. The molecule has 0 aliphatic carbocycles. The van der Waals surface area contributed by atoms with Gasteiger partial charge in [0, 0.05) is 40.0 Å². The van der Waals surface area contributed by atoms with Crippen LogP contribution in [0.15, 0.2) is 89.3 Å². The molecule has 2 aromatic carbocycles. The van der Waals surface area contributed by atoms with Crippen molar-refractivity contribution in [2.45, 2.75) is 13.0 Å². The zero-order valence-corrected chi connectivity index (χ0v) is 17.9. The predicted molar refractivity (Wildman–Crippen MR) is 130 cm³/mol. The topological polar surface area (TPSA) is 60.7 Å². The van der Waals surface area contributed by atoms with Gasteiger partial charge in [-0.2, -0.15) is 5.10 Å². The van der Waals surface area contributed by atoms with Gasteiger partial charge in [0.05, 0.1) is 33.9 Å². The minimum Gasteiger partial charge on any atom is -0.267 e. The molecule has 0 saturated heterocycles. The molecule has 0 aliphatic rings. The molecule has 0 fully saturated rings. The summed E-state index contributed by atoms with van der Waals surface area (Å²) >= 11 is 1.55. The van der Waals surface area contributed by atoms with Gasteiger partial charge in [0.15, 0.2) is 0 Å². The van der Waals surface area contributed by atoms with E-state index in [1.807, 2.05) is 60.0 Å². The molecule has 0 atom stereocenters. The van der Waals surface area contributed by atoms with Gasteiger partial charge in [-0.25, -0.2) is 4.68 Å². The van der Waals surface area contributed by atoms with E-state index in [2.05, 4.69) is 22.2 Å². The molecule has 6 aromatic rings. The molecule has 0 unspecified atom stereocenters. The third kappa shape index (κ3) is 3.25. The number of hydrogen-bond donors (Lipinski definition) is 0. The van der Waals surface area contributed by atoms with Gasteiger partial charge in [0.2, 0.25) is 0 Å². The van der Waals surface area contributed by atoms with Crippen molar-refractivity contribution in [3.63, 3.8) is 0 Å². The van der Waals surface area contributed by atoms with E-state index in [-0.39, 0.29) is 5.56 Å². The molecule has 6 heteroatoms. The van der Waals surface area contributed by atoms with Crippen LogP contribution in [0.25, 0.3) is 43.0 Å². The molecule has 0 spiro atoms. The first-order chi connectivity index (χ1) is 15.8. The average Bonchev–Trinajstić information content (AvgIpc) is 3.28. The summed E-state index contributed by atoms with van der Waals surface area (Å²) in [5.41, 5.74) is 4.75. The summed E-state index contributed by atoms with van der Waals surface area (Å²) in [5, 5.41) is 9.35. The number of para-hydroxylation sites is 1. The highest BCUT2D eigenvalue weighted by Crippen LogP contribution is 2.32. The molecular formula is C26H18N4OS. The molecule has 0 saturated carbocycles. The first-order valence-electron chi connectivity index (χ1n) is 10.4. The van der Waals surface area contributed by atoms with Gasteiger partial charge in [-0.15, -0.1) is 11.3 Å². The first-order valence-corrected chi connectivity index (χ1v) is 11.3. The Hall–Kier alpha value is -3.90. The average molecular weight is 435 g/mol. The number of thiophene rings is 1. The molecule has 32 heavy (non-hydrogen) atoms. The Morgan fingerprint density at radius 1 is 0.906 bits per heavy atom. The maximum atomic E-state index is 13.4. The van der Waals surface area contributed by atoms with Gasteiger partial charge in [-0.3, -0.25) is 14.8 Å². The Bertz CT molecular complexity index is 1670. The largest absolute Gasteiger partial charge is 0.276 e. The van der Waals surface area contributed by atoms with Crippen LogP contribution in [0.4, 0.5) is 0 Å². The number of hydrogen-bond acceptors (Lipinski definition) is 5. The van der Waals surface area contributed by atoms with E-state index in [0.717, 1.165) is 48.7 Å². The molecule has 154 valence electrons. The van der Waals surface area contributed by atoms with Crippen molar-refractivity contribution in [3.8, 4) is 11.1 Å². The van der Waals surface area contributed by atoms with Crippen molar-refractivity contribution >= 4 is 43.2 Å². The van der Waals surface area contributed by atoms with Crippen molar-refractivity contribution in [3.05, 3.63) is 101 Å². The van der Waals surface area contributed by atoms with Crippen molar-refractivity contribution < 1.29 is 0 Å². The standard InChI is InChI=1S/C26H18N4OS/c31-26-25-21(18-8-10-22-19(14-18)5-3-12-27-22)16-32-24(25)15-28-30(26)13-11-20-9-7-17-4-1-2-6-23(17)29-20/h1-10,12,14-16H,11,13H2. The summed E-state index contributed by atoms with van der Waals surface area (Å²) in [7, 11) is 0. The highest BCUT2D eigenvalue weighted by Gasteiger charge is 2.14. The molecule has 0 N–H and O–H groups in total. The van der Waals surface area contributed by atoms with Crippen molar-refractivity contribution in [2.24, 2.45) is 0 Å². The lowest BCUT2D eigenvalue weighted by atomic mass is 10.0. The van der Waals surface area contributed by atoms with Crippen LogP contribution in [0.1, 0.15) is 5.69 Å². The normalized spacial score (nSPS) is 11.5. The van der Waals surface area contributed by atoms with Crippen molar-refractivity contribution in [1.82, 2.24) is 19.7 Å². The smallest absolute Gasteiger partial charge is 0.267 e. The van der Waals surface area contributed by atoms with Gasteiger partial charge >= 0.3 is 0 Å². The van der Waals surface area contributed by atoms with Crippen LogP contribution in [0, 0.1) is 0 Å². The summed E-state index contributed by atoms with van der Waals surface area (Å²) in [4.78, 5) is 22.5. The highest BCUT2D eigenvalue weighted by atomic mass is 32.1. The molecule has 0 bridgehead atoms. The molecule has 5 nitrogen and oxygen atoms in total. The minimum absolute atomic E-state index is 0.0641. The Balaban J connectivity index is 1.36. The molecule has 6 rings (SSSR count). The van der Waals surface area contributed by atoms with Crippen LogP contribution in [-0.2, 0) is 13.0 Å². The zero-order chi connectivity index (χ0) is 21.5. The number of pyridine rings is 2. The predicted octanol–water partition coefficient (Wildman–Crippen LogP) is 5.46. The van der Waals surface area contributed by atoms with E-state index >= 15 is 0 Å². The third-order valence-corrected chi connectivity index (χ3v) is 6.65. The second kappa shape index (κ2) is 7.66. The van der Waals surface area contributed by atoms with E-state index in [9.17, 15) is 4.79 Å². The Kier molecular flexibility index (Phi) is 4.51. The summed E-state index contributed by atoms with van der Waals surface area (Å²) in [6, 6.07) is 22.2. The van der Waals surface area contributed by atoms with Crippen LogP contribution < -0.4 is 5.56 Å². The number of rotatable bonds is 4. The fourth-order valence-corrected chi connectivity index (χ4v) is 5.00. The van der Waals surface area contributed by atoms with E-state index < -0.39 is 0 Å². The number of benzene rings is 2. The number of nitrogens with zero attached hydrogens (tertiary/aromatic N) is 4. The first kappa shape index (κ1) is 18.8. The zero-order valence-electron chi connectivity index (χ0n) is 17.1. The fourth-order valence-electron chi connectivity index (χ4n) is 4.07. The van der Waals surface area contributed by atoms with Crippen LogP contribution in [-0.4, -0.2) is 19.7 Å². The monoisotopic (exact) mass is 434 g/mol. The van der Waals surface area contributed by atoms with Crippen LogP contribution in [0.5, 0.6) is 0 Å². The highest BCUT2D eigenvalue weighted by molar-refractivity contribution is 7.17. The number of fused-ring (bicyclic) bond motifs is 3. The van der Waals surface area contributed by atoms with E-state index in [1.165, 1.54) is 0 Å². The maximum Gasteiger partial charge on any atom is 0.276 e. The van der Waals surface area contributed by atoms with Gasteiger partial charge < -0.3 is 0 Å². The second-order valence-electron chi connectivity index (χ2n) is 7.72. The van der Waals surface area contributed by atoms with Gasteiger partial charge in [-0.1, -0.05) is 36.4 Å². The quantitative estimate of drug-likeness (QED) is 0.369. The van der Waals surface area contributed by atoms with Crippen LogP contribution >= 0.6 is 11.3 Å². The third-order valence-electron chi connectivity index (χ3n) is 5.73. The van der Waals surface area contributed by atoms with Crippen LogP contribution in [0.3, 0.4) is 0 Å². The van der Waals surface area contributed by atoms with E-state index in [4.69, 9.17) is 4.98 Å². The molecular weight excluding hydrogens is 416 g/mol. The summed E-state index contributed by atoms with van der Waals surface area (Å²) in [6.07, 6.45) is 4.22. The Labute approximate surface area is 187 Å². The lowest BCUT2D eigenvalue weighted by Crippen LogP contribution is -2.23.